The summed E-state index contributed by atoms with van der Waals surface area (Å²) in [6, 6.07) is 5.65. The third kappa shape index (κ3) is 1.39. The van der Waals surface area contributed by atoms with E-state index in [1.54, 1.807) is 0 Å². The van der Waals surface area contributed by atoms with Gasteiger partial charge in [0.05, 0.1) is 23.2 Å². The molecule has 1 aliphatic heterocycles. The van der Waals surface area contributed by atoms with Gasteiger partial charge in [-0.1, -0.05) is 11.6 Å². The normalized spacial score (nSPS) is 14.6. The minimum Gasteiger partial charge on any atom is -0.444 e. The van der Waals surface area contributed by atoms with E-state index >= 15 is 0 Å². The topological polar surface area (TPSA) is 49.4 Å². The molecule has 0 saturated heterocycles. The summed E-state index contributed by atoms with van der Waals surface area (Å²) in [6.07, 6.45) is 1.97. The number of H-pyrrole nitrogens is 1. The van der Waals surface area contributed by atoms with Crippen LogP contribution in [0.4, 0.5) is 5.69 Å². The molecule has 1 aliphatic rings. The first-order valence-corrected chi connectivity index (χ1v) is 5.69. The number of nitrogen functional groups attached to an aromatic ring is 1. The molecule has 0 bridgehead atoms. The van der Waals surface area contributed by atoms with Crippen molar-refractivity contribution in [1.82, 2.24) is 0 Å². The lowest BCUT2D eigenvalue weighted by Gasteiger charge is -2.14. The highest BCUT2D eigenvalue weighted by Gasteiger charge is 2.22. The first-order valence-electron chi connectivity index (χ1n) is 5.31. The van der Waals surface area contributed by atoms with Gasteiger partial charge in [-0.2, -0.15) is 4.98 Å². The van der Waals surface area contributed by atoms with E-state index in [9.17, 15) is 0 Å². The van der Waals surface area contributed by atoms with Crippen molar-refractivity contribution in [1.29, 1.82) is 0 Å². The van der Waals surface area contributed by atoms with Crippen LogP contribution in [0.1, 0.15) is 12.0 Å². The number of hydrogen-bond donors (Lipinski definition) is 1. The highest BCUT2D eigenvalue weighted by molar-refractivity contribution is 6.31. The highest BCUT2D eigenvalue weighted by atomic mass is 35.5. The van der Waals surface area contributed by atoms with E-state index in [1.165, 1.54) is 0 Å². The molecule has 0 saturated carbocycles. The molecule has 1 aromatic carbocycles. The standard InChI is InChI=1S/C12H11ClN2O/c13-7-3-4-10-9(6-7)11(14)8-2-1-5-16-12(8)15-10/h3-4,6H,1-2,5H2,(H2,14,15)/p+1. The van der Waals surface area contributed by atoms with Crippen LogP contribution in [0, 0.1) is 0 Å². The predicted molar refractivity (Wildman–Crippen MR) is 63.7 cm³/mol. The number of anilines is 1. The van der Waals surface area contributed by atoms with Gasteiger partial charge in [0.15, 0.2) is 0 Å². The lowest BCUT2D eigenvalue weighted by molar-refractivity contribution is -0.365. The molecule has 82 valence electrons. The third-order valence-corrected chi connectivity index (χ3v) is 3.17. The Morgan fingerprint density at radius 3 is 3.12 bits per heavy atom. The van der Waals surface area contributed by atoms with Gasteiger partial charge in [0.2, 0.25) is 5.52 Å². The van der Waals surface area contributed by atoms with Crippen LogP contribution in [0.3, 0.4) is 0 Å². The number of benzene rings is 1. The van der Waals surface area contributed by atoms with Crippen LogP contribution < -0.4 is 15.5 Å². The van der Waals surface area contributed by atoms with E-state index in [1.807, 2.05) is 18.2 Å². The molecular formula is C12H12ClN2O+. The number of pyridine rings is 1. The number of halogens is 1. The van der Waals surface area contributed by atoms with Crippen molar-refractivity contribution in [3.05, 3.63) is 28.8 Å². The lowest BCUT2D eigenvalue weighted by atomic mass is 10.0. The maximum absolute atomic E-state index is 6.15. The number of ether oxygens (including phenoxy) is 1. The maximum atomic E-state index is 6.15. The van der Waals surface area contributed by atoms with Crippen molar-refractivity contribution in [2.75, 3.05) is 12.3 Å². The molecule has 3 N–H and O–H groups in total. The Morgan fingerprint density at radius 1 is 1.38 bits per heavy atom. The van der Waals surface area contributed by atoms with E-state index in [-0.39, 0.29) is 0 Å². The van der Waals surface area contributed by atoms with Crippen molar-refractivity contribution in [2.24, 2.45) is 0 Å². The van der Waals surface area contributed by atoms with Gasteiger partial charge >= 0.3 is 5.88 Å². The van der Waals surface area contributed by atoms with E-state index in [4.69, 9.17) is 22.1 Å². The van der Waals surface area contributed by atoms with Crippen LogP contribution in [-0.4, -0.2) is 6.61 Å². The van der Waals surface area contributed by atoms with Crippen molar-refractivity contribution in [3.63, 3.8) is 0 Å². The Hall–Kier alpha value is -1.48. The number of fused-ring (bicyclic) bond motifs is 2. The monoisotopic (exact) mass is 235 g/mol. The van der Waals surface area contributed by atoms with Crippen molar-refractivity contribution < 1.29 is 9.72 Å². The smallest absolute Gasteiger partial charge is 0.372 e. The van der Waals surface area contributed by atoms with Crippen LogP contribution >= 0.6 is 11.6 Å². The zero-order chi connectivity index (χ0) is 11.1. The van der Waals surface area contributed by atoms with Crippen LogP contribution in [0.25, 0.3) is 10.9 Å². The lowest BCUT2D eigenvalue weighted by Crippen LogP contribution is -2.20. The Kier molecular flexibility index (Phi) is 2.14. The Balaban J connectivity index is 2.35. The molecule has 4 heteroatoms. The fraction of sp³-hybridized carbons (Fsp3) is 0.250. The molecule has 3 nitrogen and oxygen atoms in total. The third-order valence-electron chi connectivity index (χ3n) is 2.94. The van der Waals surface area contributed by atoms with Crippen molar-refractivity contribution in [3.8, 4) is 5.88 Å². The highest BCUT2D eigenvalue weighted by Crippen LogP contribution is 2.32. The van der Waals surface area contributed by atoms with E-state index in [0.717, 1.165) is 47.5 Å². The number of hydrogen-bond acceptors (Lipinski definition) is 2. The predicted octanol–water partition coefficient (Wildman–Crippen LogP) is 2.21. The summed E-state index contributed by atoms with van der Waals surface area (Å²) in [5.74, 6) is 0.804. The van der Waals surface area contributed by atoms with E-state index in [0.29, 0.717) is 5.02 Å². The van der Waals surface area contributed by atoms with Crippen LogP contribution in [0.5, 0.6) is 5.88 Å². The second-order valence-corrected chi connectivity index (χ2v) is 4.42. The molecule has 1 aromatic heterocycles. The van der Waals surface area contributed by atoms with E-state index < -0.39 is 0 Å². The quantitative estimate of drug-likeness (QED) is 0.761. The van der Waals surface area contributed by atoms with Gasteiger partial charge in [-0.05, 0) is 25.0 Å². The summed E-state index contributed by atoms with van der Waals surface area (Å²) in [7, 11) is 0. The van der Waals surface area contributed by atoms with Gasteiger partial charge in [0, 0.05) is 11.1 Å². The van der Waals surface area contributed by atoms with E-state index in [2.05, 4.69) is 4.98 Å². The Labute approximate surface area is 98.2 Å². The molecule has 0 unspecified atom stereocenters. The Morgan fingerprint density at radius 2 is 2.25 bits per heavy atom. The first-order chi connectivity index (χ1) is 7.75. The number of rotatable bonds is 0. The van der Waals surface area contributed by atoms with Crippen molar-refractivity contribution in [2.45, 2.75) is 12.8 Å². The minimum atomic E-state index is 0.698. The SMILES string of the molecule is Nc1c2c([nH+]c3ccc(Cl)cc13)OCCC2. The first kappa shape index (κ1) is 9.73. The summed E-state index contributed by atoms with van der Waals surface area (Å²) in [5, 5.41) is 1.67. The molecule has 0 radical (unpaired) electrons. The van der Waals surface area contributed by atoms with Gasteiger partial charge in [0.25, 0.3) is 0 Å². The molecule has 2 aromatic rings. The number of aromatic nitrogens is 1. The Bertz CT molecular complexity index is 568. The molecule has 0 spiro atoms. The largest absolute Gasteiger partial charge is 0.444 e. The molecule has 2 heterocycles. The second kappa shape index (κ2) is 3.52. The summed E-state index contributed by atoms with van der Waals surface area (Å²) < 4.78 is 5.57. The zero-order valence-corrected chi connectivity index (χ0v) is 9.47. The maximum Gasteiger partial charge on any atom is 0.372 e. The molecule has 0 amide bonds. The van der Waals surface area contributed by atoms with Crippen LogP contribution in [0.15, 0.2) is 18.2 Å². The summed E-state index contributed by atoms with van der Waals surface area (Å²) in [5.41, 5.74) is 8.96. The van der Waals surface area contributed by atoms with Gasteiger partial charge in [-0.15, -0.1) is 0 Å². The molecule has 16 heavy (non-hydrogen) atoms. The molecule has 0 aliphatic carbocycles. The molecule has 3 rings (SSSR count). The molecule has 0 fully saturated rings. The summed E-state index contributed by atoms with van der Waals surface area (Å²) >= 11 is 5.97. The number of nitrogens with one attached hydrogen (secondary N) is 1. The van der Waals surface area contributed by atoms with Gasteiger partial charge in [0.1, 0.15) is 0 Å². The molecular weight excluding hydrogens is 224 g/mol. The zero-order valence-electron chi connectivity index (χ0n) is 8.72. The van der Waals surface area contributed by atoms with Gasteiger partial charge in [-0.3, -0.25) is 0 Å². The molecule has 0 atom stereocenters. The second-order valence-electron chi connectivity index (χ2n) is 3.99. The van der Waals surface area contributed by atoms with Crippen LogP contribution in [-0.2, 0) is 6.42 Å². The average Bonchev–Trinajstić information content (AvgIpc) is 2.31. The number of aromatic amines is 1. The summed E-state index contributed by atoms with van der Waals surface area (Å²) in [4.78, 5) is 3.25. The van der Waals surface area contributed by atoms with Gasteiger partial charge in [-0.25, -0.2) is 0 Å². The minimum absolute atomic E-state index is 0.698. The number of nitrogens with two attached hydrogens (primary N) is 1. The fourth-order valence-electron chi connectivity index (χ4n) is 2.13. The fourth-order valence-corrected chi connectivity index (χ4v) is 2.30. The van der Waals surface area contributed by atoms with Gasteiger partial charge < -0.3 is 10.5 Å². The van der Waals surface area contributed by atoms with Crippen LogP contribution in [0.2, 0.25) is 5.02 Å². The van der Waals surface area contributed by atoms with Crippen molar-refractivity contribution >= 4 is 28.2 Å². The average molecular weight is 236 g/mol. The summed E-state index contributed by atoms with van der Waals surface area (Å²) in [6.45, 7) is 0.752.